The Bertz CT molecular complexity index is 429. The van der Waals surface area contributed by atoms with Gasteiger partial charge in [-0.3, -0.25) is 9.69 Å². The molecule has 1 saturated heterocycles. The summed E-state index contributed by atoms with van der Waals surface area (Å²) in [5.41, 5.74) is 2.15. The molecular formula is C18H26NO. The molecule has 1 heterocycles. The molecule has 1 aromatic carbocycles. The highest BCUT2D eigenvalue weighted by molar-refractivity contribution is 6.00. The molecule has 2 heteroatoms. The van der Waals surface area contributed by atoms with Gasteiger partial charge in [-0.2, -0.15) is 0 Å². The van der Waals surface area contributed by atoms with Crippen molar-refractivity contribution < 1.29 is 4.79 Å². The van der Waals surface area contributed by atoms with Gasteiger partial charge in [0, 0.05) is 5.56 Å². The van der Waals surface area contributed by atoms with Gasteiger partial charge in [0.15, 0.2) is 5.78 Å². The summed E-state index contributed by atoms with van der Waals surface area (Å²) in [5.74, 6) is 0.795. The van der Waals surface area contributed by atoms with Crippen molar-refractivity contribution >= 4 is 5.78 Å². The van der Waals surface area contributed by atoms with Gasteiger partial charge >= 0.3 is 0 Å². The summed E-state index contributed by atoms with van der Waals surface area (Å²) < 4.78 is 0. The molecule has 1 atom stereocenters. The minimum atomic E-state index is 0.0496. The molecule has 2 nitrogen and oxygen atoms in total. The summed E-state index contributed by atoms with van der Waals surface area (Å²) in [5, 5.41) is 0. The van der Waals surface area contributed by atoms with Crippen LogP contribution in [0.4, 0.5) is 0 Å². The number of hydrogen-bond donors (Lipinski definition) is 0. The minimum Gasteiger partial charge on any atom is -0.293 e. The average Bonchev–Trinajstić information content (AvgIpc) is 2.49. The molecule has 0 N–H and O–H groups in total. The Balaban J connectivity index is 2.11. The lowest BCUT2D eigenvalue weighted by Gasteiger charge is -2.33. The van der Waals surface area contributed by atoms with E-state index in [1.54, 1.807) is 0 Å². The normalized spacial score (nSPS) is 18.2. The first-order chi connectivity index (χ1) is 9.63. The van der Waals surface area contributed by atoms with Crippen molar-refractivity contribution in [1.82, 2.24) is 4.90 Å². The Kier molecular flexibility index (Phi) is 5.36. The van der Waals surface area contributed by atoms with E-state index in [1.165, 1.54) is 5.56 Å². The van der Waals surface area contributed by atoms with Crippen LogP contribution in [0.15, 0.2) is 24.3 Å². The van der Waals surface area contributed by atoms with E-state index in [-0.39, 0.29) is 11.8 Å². The van der Waals surface area contributed by atoms with E-state index >= 15 is 0 Å². The van der Waals surface area contributed by atoms with Gasteiger partial charge < -0.3 is 0 Å². The minimum absolute atomic E-state index is 0.0496. The predicted molar refractivity (Wildman–Crippen MR) is 84.0 cm³/mol. The highest BCUT2D eigenvalue weighted by Crippen LogP contribution is 2.20. The first kappa shape index (κ1) is 15.2. The second-order valence-electron chi connectivity index (χ2n) is 5.97. The van der Waals surface area contributed by atoms with Crippen molar-refractivity contribution in [3.05, 3.63) is 41.8 Å². The second kappa shape index (κ2) is 7.03. The molecule has 20 heavy (non-hydrogen) atoms. The van der Waals surface area contributed by atoms with Crippen molar-refractivity contribution in [2.24, 2.45) is 0 Å². The topological polar surface area (TPSA) is 20.3 Å². The van der Waals surface area contributed by atoms with Crippen molar-refractivity contribution in [3.8, 4) is 0 Å². The lowest BCUT2D eigenvalue weighted by atomic mass is 9.95. The van der Waals surface area contributed by atoms with E-state index < -0.39 is 0 Å². The average molecular weight is 272 g/mol. The lowest BCUT2D eigenvalue weighted by molar-refractivity contribution is 0.0796. The molecule has 1 aliphatic heterocycles. The number of nitrogens with zero attached hydrogens (tertiary/aromatic N) is 1. The second-order valence-corrected chi connectivity index (χ2v) is 5.97. The van der Waals surface area contributed by atoms with E-state index in [0.29, 0.717) is 5.92 Å². The Morgan fingerprint density at radius 1 is 1.15 bits per heavy atom. The molecule has 0 aliphatic carbocycles. The number of hydrogen-bond acceptors (Lipinski definition) is 2. The molecule has 1 aliphatic rings. The zero-order chi connectivity index (χ0) is 14.5. The Morgan fingerprint density at radius 3 is 2.25 bits per heavy atom. The van der Waals surface area contributed by atoms with E-state index in [9.17, 15) is 4.79 Å². The van der Waals surface area contributed by atoms with Gasteiger partial charge in [0.1, 0.15) is 0 Å². The first-order valence-corrected chi connectivity index (χ1v) is 7.83. The van der Waals surface area contributed by atoms with Crippen LogP contribution in [0.25, 0.3) is 0 Å². The summed E-state index contributed by atoms with van der Waals surface area (Å²) in [6, 6.07) is 8.23. The van der Waals surface area contributed by atoms with Gasteiger partial charge in [-0.05, 0) is 50.3 Å². The molecule has 0 aromatic heterocycles. The van der Waals surface area contributed by atoms with E-state index in [4.69, 9.17) is 0 Å². The summed E-state index contributed by atoms with van der Waals surface area (Å²) >= 11 is 0. The largest absolute Gasteiger partial charge is 0.293 e. The Hall–Kier alpha value is -1.15. The maximum atomic E-state index is 12.7. The van der Waals surface area contributed by atoms with Gasteiger partial charge in [-0.1, -0.05) is 45.0 Å². The molecule has 0 bridgehead atoms. The molecule has 1 unspecified atom stereocenters. The molecule has 1 aromatic rings. The number of piperidine rings is 1. The molecule has 1 fully saturated rings. The van der Waals surface area contributed by atoms with Crippen molar-refractivity contribution in [1.29, 1.82) is 0 Å². The van der Waals surface area contributed by atoms with Crippen LogP contribution in [0.3, 0.4) is 0 Å². The monoisotopic (exact) mass is 272 g/mol. The van der Waals surface area contributed by atoms with Crippen LogP contribution in [-0.4, -0.2) is 29.8 Å². The number of ketones is 1. The molecular weight excluding hydrogens is 246 g/mol. The molecule has 2 rings (SSSR count). The van der Waals surface area contributed by atoms with Gasteiger partial charge in [0.2, 0.25) is 0 Å². The molecule has 109 valence electrons. The fraction of sp³-hybridized carbons (Fsp3) is 0.556. The zero-order valence-corrected chi connectivity index (χ0v) is 12.9. The number of carbonyl (C=O) groups is 1. The lowest BCUT2D eigenvalue weighted by Crippen LogP contribution is -2.43. The number of Topliss-reactive ketones (excluding diaryl/α,β-unsaturated/α-hetero) is 1. The third kappa shape index (κ3) is 3.49. The van der Waals surface area contributed by atoms with Crippen LogP contribution in [-0.2, 0) is 0 Å². The fourth-order valence-electron chi connectivity index (χ4n) is 2.92. The first-order valence-electron chi connectivity index (χ1n) is 7.83. The van der Waals surface area contributed by atoms with Crippen LogP contribution in [0.2, 0.25) is 0 Å². The van der Waals surface area contributed by atoms with Crippen LogP contribution in [0, 0.1) is 6.42 Å². The van der Waals surface area contributed by atoms with Crippen LogP contribution in [0.1, 0.15) is 61.9 Å². The summed E-state index contributed by atoms with van der Waals surface area (Å²) in [4.78, 5) is 15.1. The van der Waals surface area contributed by atoms with Crippen molar-refractivity contribution in [2.45, 2.75) is 52.0 Å². The highest BCUT2D eigenvalue weighted by Gasteiger charge is 2.26. The van der Waals surface area contributed by atoms with Crippen molar-refractivity contribution in [2.75, 3.05) is 13.1 Å². The number of likely N-dealkylation sites (tertiary alicyclic amines) is 1. The summed E-state index contributed by atoms with van der Waals surface area (Å²) in [6.07, 6.45) is 5.43. The predicted octanol–water partition coefficient (Wildman–Crippen LogP) is 4.07. The summed E-state index contributed by atoms with van der Waals surface area (Å²) in [6.45, 7) is 8.51. The third-order valence-electron chi connectivity index (χ3n) is 4.23. The maximum Gasteiger partial charge on any atom is 0.179 e. The van der Waals surface area contributed by atoms with Gasteiger partial charge in [0.25, 0.3) is 0 Å². The molecule has 0 amide bonds. The third-order valence-corrected chi connectivity index (χ3v) is 4.23. The zero-order valence-electron chi connectivity index (χ0n) is 12.9. The maximum absolute atomic E-state index is 12.7. The van der Waals surface area contributed by atoms with E-state index in [1.807, 2.05) is 12.1 Å². The SMILES string of the molecule is CCC(C(=O)c1ccc(C(C)C)cc1)N1CC[CH]CC1. The number of benzene rings is 1. The van der Waals surface area contributed by atoms with Gasteiger partial charge in [-0.15, -0.1) is 0 Å². The van der Waals surface area contributed by atoms with Gasteiger partial charge in [0.05, 0.1) is 6.04 Å². The van der Waals surface area contributed by atoms with Crippen LogP contribution in [0.5, 0.6) is 0 Å². The summed E-state index contributed by atoms with van der Waals surface area (Å²) in [7, 11) is 0. The van der Waals surface area contributed by atoms with Crippen LogP contribution >= 0.6 is 0 Å². The molecule has 1 radical (unpaired) electrons. The van der Waals surface area contributed by atoms with Crippen LogP contribution < -0.4 is 0 Å². The van der Waals surface area contributed by atoms with Gasteiger partial charge in [-0.25, -0.2) is 0 Å². The molecule has 0 saturated carbocycles. The van der Waals surface area contributed by atoms with E-state index in [2.05, 4.69) is 44.2 Å². The molecule has 0 spiro atoms. The Morgan fingerprint density at radius 2 is 1.75 bits per heavy atom. The number of carbonyl (C=O) groups excluding carboxylic acids is 1. The smallest absolute Gasteiger partial charge is 0.179 e. The standard InChI is InChI=1S/C18H26NO/c1-4-17(19-12-6-5-7-13-19)18(20)16-10-8-15(9-11-16)14(2)3/h5,8-11,14,17H,4,6-7,12-13H2,1-3H3. The van der Waals surface area contributed by atoms with E-state index in [0.717, 1.165) is 37.9 Å². The Labute approximate surface area is 123 Å². The quantitative estimate of drug-likeness (QED) is 0.753. The fourth-order valence-corrected chi connectivity index (χ4v) is 2.92. The highest BCUT2D eigenvalue weighted by atomic mass is 16.1. The number of rotatable bonds is 5. The van der Waals surface area contributed by atoms with Crippen molar-refractivity contribution in [3.63, 3.8) is 0 Å².